The van der Waals surface area contributed by atoms with E-state index in [0.29, 0.717) is 53.7 Å². The zero-order chi connectivity index (χ0) is 24.5. The zero-order valence-electron chi connectivity index (χ0n) is 18.8. The van der Waals surface area contributed by atoms with Crippen molar-refractivity contribution in [2.24, 2.45) is 0 Å². The van der Waals surface area contributed by atoms with Crippen molar-refractivity contribution >= 4 is 45.6 Å². The van der Waals surface area contributed by atoms with Gasteiger partial charge in [-0.2, -0.15) is 4.80 Å². The summed E-state index contributed by atoms with van der Waals surface area (Å²) in [6.45, 7) is 4.09. The Morgan fingerprint density at radius 1 is 1.06 bits per heavy atom. The number of nitrogens with zero attached hydrogens (tertiary/aromatic N) is 5. The first-order chi connectivity index (χ1) is 16.9. The number of hydrogen-bond donors (Lipinski definition) is 1. The van der Waals surface area contributed by atoms with E-state index in [1.165, 1.54) is 16.9 Å². The van der Waals surface area contributed by atoms with Gasteiger partial charge in [-0.3, -0.25) is 14.9 Å². The Balaban J connectivity index is 1.48. The maximum Gasteiger partial charge on any atom is 0.270 e. The van der Waals surface area contributed by atoms with Crippen LogP contribution in [0.25, 0.3) is 16.7 Å². The Labute approximate surface area is 205 Å². The van der Waals surface area contributed by atoms with Gasteiger partial charge in [-0.25, -0.2) is 0 Å². The first kappa shape index (κ1) is 22.8. The third-order valence-corrected chi connectivity index (χ3v) is 6.07. The third kappa shape index (κ3) is 4.66. The maximum absolute atomic E-state index is 13.4. The Hall–Kier alpha value is -4.02. The number of aryl methyl sites for hydroxylation is 1. The number of halogens is 1. The molecule has 0 atom stereocenters. The molecule has 10 nitrogen and oxygen atoms in total. The van der Waals surface area contributed by atoms with Crippen molar-refractivity contribution in [3.63, 3.8) is 0 Å². The predicted octanol–water partition coefficient (Wildman–Crippen LogP) is 4.38. The number of benzene rings is 3. The number of fused-ring (bicyclic) bond motifs is 1. The number of non-ortho nitro benzene ring substituents is 1. The second-order valence-electron chi connectivity index (χ2n) is 8.13. The number of ether oxygens (including phenoxy) is 1. The van der Waals surface area contributed by atoms with Gasteiger partial charge in [0.1, 0.15) is 11.0 Å². The quantitative estimate of drug-likeness (QED) is 0.324. The van der Waals surface area contributed by atoms with E-state index in [-0.39, 0.29) is 11.3 Å². The molecule has 0 aliphatic carbocycles. The molecule has 1 saturated heterocycles. The maximum atomic E-state index is 13.4. The highest BCUT2D eigenvalue weighted by atomic mass is 35.5. The highest BCUT2D eigenvalue weighted by molar-refractivity contribution is 6.30. The highest BCUT2D eigenvalue weighted by Crippen LogP contribution is 2.29. The summed E-state index contributed by atoms with van der Waals surface area (Å²) < 4.78 is 5.40. The van der Waals surface area contributed by atoms with E-state index in [9.17, 15) is 14.9 Å². The van der Waals surface area contributed by atoms with Crippen molar-refractivity contribution in [3.05, 3.63) is 80.9 Å². The molecule has 1 aromatic heterocycles. The largest absolute Gasteiger partial charge is 0.378 e. The van der Waals surface area contributed by atoms with Crippen LogP contribution >= 0.6 is 11.6 Å². The van der Waals surface area contributed by atoms with E-state index < -0.39 is 10.8 Å². The summed E-state index contributed by atoms with van der Waals surface area (Å²) >= 11 is 5.97. The number of anilines is 2. The molecule has 5 rings (SSSR count). The van der Waals surface area contributed by atoms with E-state index in [4.69, 9.17) is 16.3 Å². The number of nitro groups is 1. The van der Waals surface area contributed by atoms with Gasteiger partial charge < -0.3 is 15.0 Å². The van der Waals surface area contributed by atoms with Crippen molar-refractivity contribution in [3.8, 4) is 5.69 Å². The van der Waals surface area contributed by atoms with Crippen molar-refractivity contribution in [2.75, 3.05) is 36.5 Å². The third-order valence-electron chi connectivity index (χ3n) is 5.82. The molecule has 1 N–H and O–H groups in total. The monoisotopic (exact) mass is 492 g/mol. The molecule has 0 radical (unpaired) electrons. The lowest BCUT2D eigenvalue weighted by Gasteiger charge is -2.30. The smallest absolute Gasteiger partial charge is 0.270 e. The normalized spacial score (nSPS) is 13.7. The van der Waals surface area contributed by atoms with Crippen LogP contribution in [-0.4, -0.2) is 52.1 Å². The lowest BCUT2D eigenvalue weighted by molar-refractivity contribution is -0.384. The van der Waals surface area contributed by atoms with Crippen LogP contribution in [0.3, 0.4) is 0 Å². The van der Waals surface area contributed by atoms with Gasteiger partial charge >= 0.3 is 0 Å². The molecule has 11 heteroatoms. The molecule has 0 unspecified atom stereocenters. The average Bonchev–Trinajstić information content (AvgIpc) is 3.27. The standard InChI is InChI=1S/C24H21ClN6O4/c1-15-12-21-22(28-30(27-21)17-4-2-16(25)3-5-17)14-20(15)26-24(32)19-13-18(31(33)34)6-7-23(19)29-8-10-35-11-9-29/h2-7,12-14H,8-11H2,1H3,(H,26,32). The molecule has 2 heterocycles. The molecule has 35 heavy (non-hydrogen) atoms. The number of nitrogens with one attached hydrogen (secondary N) is 1. The molecule has 1 fully saturated rings. The Morgan fingerprint density at radius 2 is 1.74 bits per heavy atom. The minimum absolute atomic E-state index is 0.148. The summed E-state index contributed by atoms with van der Waals surface area (Å²) in [6.07, 6.45) is 0. The second kappa shape index (κ2) is 9.32. The minimum atomic E-state index is -0.508. The molecule has 0 saturated carbocycles. The van der Waals surface area contributed by atoms with Crippen LogP contribution in [0.4, 0.5) is 17.1 Å². The van der Waals surface area contributed by atoms with E-state index in [2.05, 4.69) is 15.5 Å². The summed E-state index contributed by atoms with van der Waals surface area (Å²) in [5, 5.41) is 23.9. The molecule has 1 aliphatic heterocycles. The van der Waals surface area contributed by atoms with Gasteiger partial charge in [0.2, 0.25) is 0 Å². The fourth-order valence-electron chi connectivity index (χ4n) is 3.98. The number of carbonyl (C=O) groups is 1. The van der Waals surface area contributed by atoms with E-state index in [1.807, 2.05) is 30.0 Å². The van der Waals surface area contributed by atoms with Crippen LogP contribution in [0.1, 0.15) is 15.9 Å². The number of aromatic nitrogens is 3. The van der Waals surface area contributed by atoms with E-state index in [1.54, 1.807) is 24.3 Å². The van der Waals surface area contributed by atoms with Gasteiger partial charge in [-0.15, -0.1) is 10.2 Å². The number of hydrogen-bond acceptors (Lipinski definition) is 7. The Morgan fingerprint density at radius 3 is 2.43 bits per heavy atom. The fourth-order valence-corrected chi connectivity index (χ4v) is 4.11. The highest BCUT2D eigenvalue weighted by Gasteiger charge is 2.23. The molecule has 4 aromatic rings. The summed E-state index contributed by atoms with van der Waals surface area (Å²) in [4.78, 5) is 27.7. The lowest BCUT2D eigenvalue weighted by Crippen LogP contribution is -2.37. The van der Waals surface area contributed by atoms with Crippen LogP contribution < -0.4 is 10.2 Å². The fraction of sp³-hybridized carbons (Fsp3) is 0.208. The van der Waals surface area contributed by atoms with Crippen LogP contribution in [-0.2, 0) is 4.74 Å². The number of amides is 1. The molecule has 3 aromatic carbocycles. The van der Waals surface area contributed by atoms with Crippen molar-refractivity contribution in [2.45, 2.75) is 6.92 Å². The summed E-state index contributed by atoms with van der Waals surface area (Å²) in [7, 11) is 0. The summed E-state index contributed by atoms with van der Waals surface area (Å²) in [5.74, 6) is -0.442. The predicted molar refractivity (Wildman–Crippen MR) is 133 cm³/mol. The molecule has 1 amide bonds. The van der Waals surface area contributed by atoms with E-state index >= 15 is 0 Å². The van der Waals surface area contributed by atoms with E-state index in [0.717, 1.165) is 11.3 Å². The van der Waals surface area contributed by atoms with Gasteiger partial charge in [-0.05, 0) is 55.0 Å². The van der Waals surface area contributed by atoms with Gasteiger partial charge in [0.15, 0.2) is 0 Å². The molecular weight excluding hydrogens is 472 g/mol. The lowest BCUT2D eigenvalue weighted by atomic mass is 10.1. The number of morpholine rings is 1. The zero-order valence-corrected chi connectivity index (χ0v) is 19.5. The second-order valence-corrected chi connectivity index (χ2v) is 8.57. The van der Waals surface area contributed by atoms with Crippen molar-refractivity contribution in [1.29, 1.82) is 0 Å². The first-order valence-corrected chi connectivity index (χ1v) is 11.3. The van der Waals surface area contributed by atoms with Crippen LogP contribution in [0, 0.1) is 17.0 Å². The van der Waals surface area contributed by atoms with Crippen LogP contribution in [0.2, 0.25) is 5.02 Å². The topological polar surface area (TPSA) is 115 Å². The molecular formula is C24H21ClN6O4. The average molecular weight is 493 g/mol. The number of carbonyl (C=O) groups excluding carboxylic acids is 1. The Bertz CT molecular complexity index is 1430. The van der Waals surface area contributed by atoms with Gasteiger partial charge in [-0.1, -0.05) is 11.6 Å². The van der Waals surface area contributed by atoms with Crippen molar-refractivity contribution in [1.82, 2.24) is 15.0 Å². The Kier molecular flexibility index (Phi) is 6.06. The SMILES string of the molecule is Cc1cc2nn(-c3ccc(Cl)cc3)nc2cc1NC(=O)c1cc([N+](=O)[O-])ccc1N1CCOCC1. The molecule has 178 valence electrons. The number of nitro benzene ring substituents is 1. The van der Waals surface area contributed by atoms with Crippen LogP contribution in [0.15, 0.2) is 54.6 Å². The number of rotatable bonds is 5. The van der Waals surface area contributed by atoms with Crippen LogP contribution in [0.5, 0.6) is 0 Å². The van der Waals surface area contributed by atoms with Gasteiger partial charge in [0, 0.05) is 35.9 Å². The van der Waals surface area contributed by atoms with Crippen molar-refractivity contribution < 1.29 is 14.5 Å². The van der Waals surface area contributed by atoms with Gasteiger partial charge in [0.25, 0.3) is 11.6 Å². The first-order valence-electron chi connectivity index (χ1n) is 11.0. The molecule has 0 bridgehead atoms. The molecule has 1 aliphatic rings. The molecule has 0 spiro atoms. The minimum Gasteiger partial charge on any atom is -0.378 e. The summed E-state index contributed by atoms with van der Waals surface area (Å²) in [5.41, 5.74) is 4.05. The summed E-state index contributed by atoms with van der Waals surface area (Å²) in [6, 6.07) is 15.1. The van der Waals surface area contributed by atoms with Gasteiger partial charge in [0.05, 0.1) is 35.1 Å².